The highest BCUT2D eigenvalue weighted by Crippen LogP contribution is 2.22. The number of likely N-dealkylation sites (tertiary alicyclic amines) is 1. The van der Waals surface area contributed by atoms with Gasteiger partial charge >= 0.3 is 0 Å². The fourth-order valence-corrected chi connectivity index (χ4v) is 2.25. The molecule has 1 aliphatic heterocycles. The van der Waals surface area contributed by atoms with Gasteiger partial charge in [-0.1, -0.05) is 26.7 Å². The predicted molar refractivity (Wildman–Crippen MR) is 61.8 cm³/mol. The van der Waals surface area contributed by atoms with Crippen LogP contribution in [-0.4, -0.2) is 47.5 Å². The monoisotopic (exact) mass is 215 g/mol. The topological polar surface area (TPSA) is 43.7 Å². The minimum Gasteiger partial charge on any atom is -0.396 e. The van der Waals surface area contributed by atoms with Crippen molar-refractivity contribution < 1.29 is 10.2 Å². The average Bonchev–Trinajstić information content (AvgIpc) is 2.42. The second-order valence-corrected chi connectivity index (χ2v) is 5.48. The van der Waals surface area contributed by atoms with Crippen LogP contribution in [0.15, 0.2) is 0 Å². The summed E-state index contributed by atoms with van der Waals surface area (Å²) in [5.41, 5.74) is -0.0578. The lowest BCUT2D eigenvalue weighted by molar-refractivity contribution is 0.0573. The van der Waals surface area contributed by atoms with E-state index in [0.29, 0.717) is 6.04 Å². The lowest BCUT2D eigenvalue weighted by atomic mass is 9.93. The highest BCUT2D eigenvalue weighted by molar-refractivity contribution is 4.80. The SMILES string of the molecule is CC(C)(CO)CN1CCCCCC1CO. The summed E-state index contributed by atoms with van der Waals surface area (Å²) >= 11 is 0. The lowest BCUT2D eigenvalue weighted by Crippen LogP contribution is -2.44. The second-order valence-electron chi connectivity index (χ2n) is 5.48. The molecule has 3 nitrogen and oxygen atoms in total. The standard InChI is InChI=1S/C12H25NO2/c1-12(2,10-15)9-13-7-5-3-4-6-11(13)8-14/h11,14-15H,3-10H2,1-2H3. The number of hydrogen-bond donors (Lipinski definition) is 2. The van der Waals surface area contributed by atoms with E-state index in [4.69, 9.17) is 0 Å². The Labute approximate surface area is 93.1 Å². The molecule has 0 radical (unpaired) electrons. The molecule has 15 heavy (non-hydrogen) atoms. The Morgan fingerprint density at radius 1 is 1.20 bits per heavy atom. The molecule has 3 heteroatoms. The van der Waals surface area contributed by atoms with E-state index in [1.165, 1.54) is 19.3 Å². The van der Waals surface area contributed by atoms with Crippen LogP contribution in [0.2, 0.25) is 0 Å². The van der Waals surface area contributed by atoms with Gasteiger partial charge in [0.1, 0.15) is 0 Å². The van der Waals surface area contributed by atoms with Crippen LogP contribution in [-0.2, 0) is 0 Å². The Hall–Kier alpha value is -0.120. The summed E-state index contributed by atoms with van der Waals surface area (Å²) < 4.78 is 0. The molecule has 0 aromatic carbocycles. The maximum Gasteiger partial charge on any atom is 0.0586 e. The van der Waals surface area contributed by atoms with Crippen molar-refractivity contribution in [2.45, 2.75) is 45.6 Å². The van der Waals surface area contributed by atoms with Gasteiger partial charge in [0, 0.05) is 24.6 Å². The molecule has 1 rings (SSSR count). The van der Waals surface area contributed by atoms with Crippen LogP contribution in [0.1, 0.15) is 39.5 Å². The van der Waals surface area contributed by atoms with E-state index in [9.17, 15) is 10.2 Å². The normalized spacial score (nSPS) is 25.2. The van der Waals surface area contributed by atoms with Gasteiger partial charge in [-0.05, 0) is 19.4 Å². The van der Waals surface area contributed by atoms with Crippen molar-refractivity contribution in [2.24, 2.45) is 5.41 Å². The molecular weight excluding hydrogens is 190 g/mol. The van der Waals surface area contributed by atoms with E-state index in [1.807, 2.05) is 0 Å². The number of aliphatic hydroxyl groups excluding tert-OH is 2. The predicted octanol–water partition coefficient (Wildman–Crippen LogP) is 1.24. The molecule has 1 fully saturated rings. The van der Waals surface area contributed by atoms with Crippen LogP contribution in [0.4, 0.5) is 0 Å². The summed E-state index contributed by atoms with van der Waals surface area (Å²) in [5.74, 6) is 0. The van der Waals surface area contributed by atoms with Gasteiger partial charge in [-0.2, -0.15) is 0 Å². The zero-order valence-electron chi connectivity index (χ0n) is 10.1. The summed E-state index contributed by atoms with van der Waals surface area (Å²) in [6, 6.07) is 0.304. The molecule has 0 aromatic heterocycles. The molecule has 0 saturated carbocycles. The quantitative estimate of drug-likeness (QED) is 0.741. The maximum absolute atomic E-state index is 9.35. The van der Waals surface area contributed by atoms with Gasteiger partial charge in [-0.25, -0.2) is 0 Å². The lowest BCUT2D eigenvalue weighted by Gasteiger charge is -2.35. The third kappa shape index (κ3) is 4.09. The Bertz CT molecular complexity index is 182. The van der Waals surface area contributed by atoms with Gasteiger partial charge in [-0.3, -0.25) is 4.90 Å². The first-order chi connectivity index (χ1) is 7.09. The fraction of sp³-hybridized carbons (Fsp3) is 1.00. The van der Waals surface area contributed by atoms with Crippen molar-refractivity contribution in [3.8, 4) is 0 Å². The molecule has 1 atom stereocenters. The summed E-state index contributed by atoms with van der Waals surface area (Å²) in [6.07, 6.45) is 4.81. The third-order valence-corrected chi connectivity index (χ3v) is 3.27. The third-order valence-electron chi connectivity index (χ3n) is 3.27. The summed E-state index contributed by atoms with van der Waals surface area (Å²) in [7, 11) is 0. The first-order valence-corrected chi connectivity index (χ1v) is 6.05. The molecule has 0 aromatic rings. The summed E-state index contributed by atoms with van der Waals surface area (Å²) in [5, 5.41) is 18.6. The van der Waals surface area contributed by atoms with Crippen molar-refractivity contribution >= 4 is 0 Å². The van der Waals surface area contributed by atoms with Gasteiger partial charge in [0.05, 0.1) is 6.61 Å². The molecular formula is C12H25NO2. The van der Waals surface area contributed by atoms with E-state index >= 15 is 0 Å². The van der Waals surface area contributed by atoms with Crippen molar-refractivity contribution in [1.29, 1.82) is 0 Å². The minimum absolute atomic E-state index is 0.0578. The van der Waals surface area contributed by atoms with Crippen molar-refractivity contribution in [1.82, 2.24) is 4.90 Å². The molecule has 1 heterocycles. The molecule has 0 spiro atoms. The Kier molecular flexibility index (Phi) is 5.03. The minimum atomic E-state index is -0.0578. The van der Waals surface area contributed by atoms with Crippen LogP contribution in [0.25, 0.3) is 0 Å². The van der Waals surface area contributed by atoms with E-state index in [1.54, 1.807) is 0 Å². The summed E-state index contributed by atoms with van der Waals surface area (Å²) in [4.78, 5) is 2.35. The van der Waals surface area contributed by atoms with E-state index in [2.05, 4.69) is 18.7 Å². The molecule has 1 unspecified atom stereocenters. The van der Waals surface area contributed by atoms with Crippen LogP contribution >= 0.6 is 0 Å². The first-order valence-electron chi connectivity index (χ1n) is 6.05. The van der Waals surface area contributed by atoms with Gasteiger partial charge in [-0.15, -0.1) is 0 Å². The fourth-order valence-electron chi connectivity index (χ4n) is 2.25. The highest BCUT2D eigenvalue weighted by Gasteiger charge is 2.26. The van der Waals surface area contributed by atoms with E-state index in [0.717, 1.165) is 19.5 Å². The second kappa shape index (κ2) is 5.83. The van der Waals surface area contributed by atoms with Gasteiger partial charge in [0.25, 0.3) is 0 Å². The van der Waals surface area contributed by atoms with Crippen LogP contribution < -0.4 is 0 Å². The van der Waals surface area contributed by atoms with E-state index < -0.39 is 0 Å². The molecule has 2 N–H and O–H groups in total. The molecule has 0 aliphatic carbocycles. The number of aliphatic hydroxyl groups is 2. The molecule has 90 valence electrons. The molecule has 1 saturated heterocycles. The highest BCUT2D eigenvalue weighted by atomic mass is 16.3. The van der Waals surface area contributed by atoms with Crippen molar-refractivity contribution in [2.75, 3.05) is 26.3 Å². The number of rotatable bonds is 4. The Morgan fingerprint density at radius 2 is 1.93 bits per heavy atom. The van der Waals surface area contributed by atoms with Crippen LogP contribution in [0.3, 0.4) is 0 Å². The van der Waals surface area contributed by atoms with Crippen molar-refractivity contribution in [3.63, 3.8) is 0 Å². The zero-order chi connectivity index (χ0) is 11.3. The van der Waals surface area contributed by atoms with Crippen LogP contribution in [0, 0.1) is 5.41 Å². The van der Waals surface area contributed by atoms with E-state index in [-0.39, 0.29) is 18.6 Å². The van der Waals surface area contributed by atoms with Gasteiger partial charge < -0.3 is 10.2 Å². The Balaban J connectivity index is 2.55. The molecule has 1 aliphatic rings. The van der Waals surface area contributed by atoms with Gasteiger partial charge in [0.15, 0.2) is 0 Å². The maximum atomic E-state index is 9.35. The first kappa shape index (κ1) is 12.9. The summed E-state index contributed by atoms with van der Waals surface area (Å²) in [6.45, 7) is 6.56. The smallest absolute Gasteiger partial charge is 0.0586 e. The largest absolute Gasteiger partial charge is 0.396 e. The van der Waals surface area contributed by atoms with Crippen LogP contribution in [0.5, 0.6) is 0 Å². The number of nitrogens with zero attached hydrogens (tertiary/aromatic N) is 1. The van der Waals surface area contributed by atoms with Gasteiger partial charge in [0.2, 0.25) is 0 Å². The number of hydrogen-bond acceptors (Lipinski definition) is 3. The Morgan fingerprint density at radius 3 is 2.53 bits per heavy atom. The van der Waals surface area contributed by atoms with Crippen molar-refractivity contribution in [3.05, 3.63) is 0 Å². The average molecular weight is 215 g/mol. The molecule has 0 amide bonds. The molecule has 0 bridgehead atoms. The zero-order valence-corrected chi connectivity index (χ0v) is 10.1.